The average molecular weight is 291 g/mol. The number of imidazole rings is 1. The Bertz CT molecular complexity index is 564. The molecule has 21 heavy (non-hydrogen) atoms. The van der Waals surface area contributed by atoms with Gasteiger partial charge in [0.1, 0.15) is 5.65 Å². The second-order valence-corrected chi connectivity index (χ2v) is 5.13. The van der Waals surface area contributed by atoms with Crippen molar-refractivity contribution in [1.29, 1.82) is 0 Å². The molecule has 0 aliphatic rings. The van der Waals surface area contributed by atoms with Gasteiger partial charge in [0.05, 0.1) is 18.9 Å². The molecular formula is C16H25N3O2. The van der Waals surface area contributed by atoms with Crippen molar-refractivity contribution in [3.8, 4) is 0 Å². The predicted molar refractivity (Wildman–Crippen MR) is 84.7 cm³/mol. The van der Waals surface area contributed by atoms with E-state index in [1.807, 2.05) is 28.8 Å². The molecule has 2 heterocycles. The highest BCUT2D eigenvalue weighted by atomic mass is 16.5. The maximum atomic E-state index is 9.79. The summed E-state index contributed by atoms with van der Waals surface area (Å²) in [5, 5.41) is 9.79. The fourth-order valence-corrected chi connectivity index (χ4v) is 2.79. The molecule has 0 spiro atoms. The minimum Gasteiger partial charge on any atom is -0.390 e. The highest BCUT2D eigenvalue weighted by molar-refractivity contribution is 5.56. The summed E-state index contributed by atoms with van der Waals surface area (Å²) in [4.78, 5) is 6.99. The molecule has 0 unspecified atom stereocenters. The lowest BCUT2D eigenvalue weighted by Gasteiger charge is -2.31. The Kier molecular flexibility index (Phi) is 5.59. The number of fused-ring (bicyclic) bond motifs is 1. The van der Waals surface area contributed by atoms with Gasteiger partial charge in [-0.15, -0.1) is 0 Å². The van der Waals surface area contributed by atoms with Crippen molar-refractivity contribution in [1.82, 2.24) is 9.38 Å². The van der Waals surface area contributed by atoms with E-state index in [9.17, 15) is 5.11 Å². The first-order valence-corrected chi connectivity index (χ1v) is 7.59. The number of ether oxygens (including phenoxy) is 1. The second kappa shape index (κ2) is 7.43. The van der Waals surface area contributed by atoms with E-state index in [-0.39, 0.29) is 6.61 Å². The standard InChI is InChI=1S/C16H25N3O2/c1-4-13(5-2)18(10-11-21-3)16-14(12-20)19-9-7-6-8-15(19)17-16/h6-9,13,20H,4-5,10-12H2,1-3H3. The summed E-state index contributed by atoms with van der Waals surface area (Å²) < 4.78 is 7.20. The third-order valence-corrected chi connectivity index (χ3v) is 3.95. The topological polar surface area (TPSA) is 50.0 Å². The van der Waals surface area contributed by atoms with Crippen molar-refractivity contribution in [2.75, 3.05) is 25.2 Å². The van der Waals surface area contributed by atoms with Crippen LogP contribution in [0, 0.1) is 0 Å². The van der Waals surface area contributed by atoms with Gasteiger partial charge in [-0.1, -0.05) is 19.9 Å². The molecule has 0 radical (unpaired) electrons. The monoisotopic (exact) mass is 291 g/mol. The third kappa shape index (κ3) is 3.19. The molecule has 2 rings (SSSR count). The number of aromatic nitrogens is 2. The van der Waals surface area contributed by atoms with Gasteiger partial charge in [-0.05, 0) is 25.0 Å². The maximum absolute atomic E-state index is 9.79. The van der Waals surface area contributed by atoms with Crippen LogP contribution in [0.5, 0.6) is 0 Å². The number of anilines is 1. The van der Waals surface area contributed by atoms with Gasteiger partial charge in [0.2, 0.25) is 0 Å². The quantitative estimate of drug-likeness (QED) is 0.812. The van der Waals surface area contributed by atoms with Crippen molar-refractivity contribution in [3.05, 3.63) is 30.1 Å². The fourth-order valence-electron chi connectivity index (χ4n) is 2.79. The molecule has 0 bridgehead atoms. The van der Waals surface area contributed by atoms with Crippen LogP contribution in [-0.2, 0) is 11.3 Å². The number of aliphatic hydroxyl groups excluding tert-OH is 1. The van der Waals surface area contributed by atoms with Crippen LogP contribution in [0.25, 0.3) is 5.65 Å². The summed E-state index contributed by atoms with van der Waals surface area (Å²) in [7, 11) is 1.71. The van der Waals surface area contributed by atoms with Gasteiger partial charge in [-0.3, -0.25) is 4.40 Å². The van der Waals surface area contributed by atoms with Gasteiger partial charge in [0.25, 0.3) is 0 Å². The Labute approximate surface area is 126 Å². The summed E-state index contributed by atoms with van der Waals surface area (Å²) in [6.45, 7) is 5.77. The van der Waals surface area contributed by atoms with Gasteiger partial charge < -0.3 is 14.7 Å². The van der Waals surface area contributed by atoms with Crippen molar-refractivity contribution >= 4 is 11.5 Å². The summed E-state index contributed by atoms with van der Waals surface area (Å²) in [6.07, 6.45) is 4.02. The van der Waals surface area contributed by atoms with E-state index in [0.29, 0.717) is 12.6 Å². The molecule has 0 fully saturated rings. The molecule has 1 N–H and O–H groups in total. The molecule has 0 aromatic carbocycles. The lowest BCUT2D eigenvalue weighted by Crippen LogP contribution is -2.38. The first kappa shape index (κ1) is 15.8. The van der Waals surface area contributed by atoms with E-state index < -0.39 is 0 Å². The number of pyridine rings is 1. The largest absolute Gasteiger partial charge is 0.390 e. The van der Waals surface area contributed by atoms with Gasteiger partial charge >= 0.3 is 0 Å². The van der Waals surface area contributed by atoms with Crippen LogP contribution in [-0.4, -0.2) is 40.8 Å². The first-order chi connectivity index (χ1) is 10.3. The SMILES string of the molecule is CCC(CC)N(CCOC)c1nc2ccccn2c1CO. The van der Waals surface area contributed by atoms with Crippen molar-refractivity contribution in [3.63, 3.8) is 0 Å². The smallest absolute Gasteiger partial charge is 0.153 e. The van der Waals surface area contributed by atoms with Crippen molar-refractivity contribution < 1.29 is 9.84 Å². The lowest BCUT2D eigenvalue weighted by molar-refractivity contribution is 0.202. The molecule has 0 amide bonds. The van der Waals surface area contributed by atoms with Crippen LogP contribution in [0.3, 0.4) is 0 Å². The molecule has 5 nitrogen and oxygen atoms in total. The van der Waals surface area contributed by atoms with E-state index in [2.05, 4.69) is 18.7 Å². The zero-order chi connectivity index (χ0) is 15.2. The highest BCUT2D eigenvalue weighted by Crippen LogP contribution is 2.25. The molecule has 0 aliphatic carbocycles. The Morgan fingerprint density at radius 1 is 1.33 bits per heavy atom. The van der Waals surface area contributed by atoms with Crippen LogP contribution in [0.4, 0.5) is 5.82 Å². The minimum atomic E-state index is -0.0237. The second-order valence-electron chi connectivity index (χ2n) is 5.13. The van der Waals surface area contributed by atoms with E-state index in [4.69, 9.17) is 9.72 Å². The molecular weight excluding hydrogens is 266 g/mol. The van der Waals surface area contributed by atoms with Crippen LogP contribution in [0.1, 0.15) is 32.4 Å². The number of hydrogen-bond acceptors (Lipinski definition) is 4. The zero-order valence-corrected chi connectivity index (χ0v) is 13.1. The number of rotatable bonds is 8. The van der Waals surface area contributed by atoms with E-state index in [1.165, 1.54) is 0 Å². The Morgan fingerprint density at radius 2 is 2.10 bits per heavy atom. The van der Waals surface area contributed by atoms with Crippen LogP contribution < -0.4 is 4.90 Å². The van der Waals surface area contributed by atoms with Crippen molar-refractivity contribution in [2.45, 2.75) is 39.3 Å². The zero-order valence-electron chi connectivity index (χ0n) is 13.1. The van der Waals surface area contributed by atoms with Crippen molar-refractivity contribution in [2.24, 2.45) is 0 Å². The maximum Gasteiger partial charge on any atom is 0.153 e. The van der Waals surface area contributed by atoms with Crippen LogP contribution >= 0.6 is 0 Å². The number of hydrogen-bond donors (Lipinski definition) is 1. The highest BCUT2D eigenvalue weighted by Gasteiger charge is 2.22. The Morgan fingerprint density at radius 3 is 2.71 bits per heavy atom. The lowest BCUT2D eigenvalue weighted by atomic mass is 10.1. The fraction of sp³-hybridized carbons (Fsp3) is 0.562. The van der Waals surface area contributed by atoms with E-state index in [1.54, 1.807) is 7.11 Å². The molecule has 0 aliphatic heterocycles. The van der Waals surface area contributed by atoms with Gasteiger partial charge in [0.15, 0.2) is 5.82 Å². The summed E-state index contributed by atoms with van der Waals surface area (Å²) in [5.41, 5.74) is 1.71. The van der Waals surface area contributed by atoms with Gasteiger partial charge in [0, 0.05) is 25.9 Å². The minimum absolute atomic E-state index is 0.0237. The molecule has 5 heteroatoms. The normalized spacial score (nSPS) is 11.5. The van der Waals surface area contributed by atoms with Gasteiger partial charge in [-0.2, -0.15) is 0 Å². The van der Waals surface area contributed by atoms with Crippen LogP contribution in [0.15, 0.2) is 24.4 Å². The molecule has 0 atom stereocenters. The van der Waals surface area contributed by atoms with Crippen LogP contribution in [0.2, 0.25) is 0 Å². The van der Waals surface area contributed by atoms with Gasteiger partial charge in [-0.25, -0.2) is 4.98 Å². The van der Waals surface area contributed by atoms with E-state index >= 15 is 0 Å². The third-order valence-electron chi connectivity index (χ3n) is 3.95. The Balaban J connectivity index is 2.47. The molecule has 2 aromatic heterocycles. The first-order valence-electron chi connectivity index (χ1n) is 7.59. The molecule has 2 aromatic rings. The summed E-state index contributed by atoms with van der Waals surface area (Å²) >= 11 is 0. The Hall–Kier alpha value is -1.59. The number of aliphatic hydroxyl groups is 1. The van der Waals surface area contributed by atoms with E-state index in [0.717, 1.165) is 36.5 Å². The molecule has 116 valence electrons. The number of methoxy groups -OCH3 is 1. The number of nitrogens with zero attached hydrogens (tertiary/aromatic N) is 3. The summed E-state index contributed by atoms with van der Waals surface area (Å²) in [5.74, 6) is 0.870. The average Bonchev–Trinajstić information content (AvgIpc) is 2.89. The summed E-state index contributed by atoms with van der Waals surface area (Å²) in [6, 6.07) is 6.28. The predicted octanol–water partition coefficient (Wildman–Crippen LogP) is 2.47. The molecule has 0 saturated heterocycles. The molecule has 0 saturated carbocycles.